The molecule has 0 aliphatic carbocycles. The van der Waals surface area contributed by atoms with E-state index in [9.17, 15) is 9.90 Å². The van der Waals surface area contributed by atoms with Crippen LogP contribution in [0.1, 0.15) is 39.0 Å². The van der Waals surface area contributed by atoms with Gasteiger partial charge < -0.3 is 14.6 Å². The van der Waals surface area contributed by atoms with Crippen molar-refractivity contribution in [3.8, 4) is 0 Å². The van der Waals surface area contributed by atoms with Gasteiger partial charge in [0.25, 0.3) is 0 Å². The summed E-state index contributed by atoms with van der Waals surface area (Å²) in [6.07, 6.45) is 8.71. The van der Waals surface area contributed by atoms with Gasteiger partial charge in [-0.3, -0.25) is 0 Å². The predicted molar refractivity (Wildman–Crippen MR) is 69.8 cm³/mol. The molecule has 0 aromatic carbocycles. The van der Waals surface area contributed by atoms with E-state index in [-0.39, 0.29) is 0 Å². The predicted octanol–water partition coefficient (Wildman–Crippen LogP) is 2.13. The fourth-order valence-corrected chi connectivity index (χ4v) is 2.59. The monoisotopic (exact) mass is 251 g/mol. The number of rotatable bonds is 3. The molecule has 0 amide bonds. The Bertz CT molecular complexity index is 403. The molecule has 5 heteroatoms. The van der Waals surface area contributed by atoms with Crippen molar-refractivity contribution >= 4 is 11.9 Å². The summed E-state index contributed by atoms with van der Waals surface area (Å²) in [5, 5.41) is 9.41. The lowest BCUT2D eigenvalue weighted by Gasteiger charge is -2.31. The van der Waals surface area contributed by atoms with E-state index in [4.69, 9.17) is 0 Å². The zero-order valence-corrected chi connectivity index (χ0v) is 10.9. The highest BCUT2D eigenvalue weighted by Gasteiger charge is 2.28. The van der Waals surface area contributed by atoms with E-state index >= 15 is 0 Å². The van der Waals surface area contributed by atoms with Crippen LogP contribution in [-0.4, -0.2) is 33.2 Å². The first kappa shape index (κ1) is 12.9. The molecular weight excluding hydrogens is 230 g/mol. The number of carbonyl (C=O) groups is 1. The van der Waals surface area contributed by atoms with Crippen LogP contribution in [-0.2, 0) is 11.3 Å². The molecule has 1 saturated heterocycles. The van der Waals surface area contributed by atoms with Crippen molar-refractivity contribution in [2.24, 2.45) is 0 Å². The fraction of sp³-hybridized carbons (Fsp3) is 0.692. The molecule has 1 aliphatic heterocycles. The van der Waals surface area contributed by atoms with Gasteiger partial charge in [0.15, 0.2) is 0 Å². The SMILES string of the molecule is CCn1ccnc1N1CCCCCCC1C(=O)O. The molecule has 1 unspecified atom stereocenters. The maximum Gasteiger partial charge on any atom is 0.326 e. The Morgan fingerprint density at radius 3 is 2.94 bits per heavy atom. The van der Waals surface area contributed by atoms with Crippen LogP contribution in [0.4, 0.5) is 5.95 Å². The van der Waals surface area contributed by atoms with Gasteiger partial charge in [-0.05, 0) is 19.8 Å². The van der Waals surface area contributed by atoms with E-state index in [1.165, 1.54) is 6.42 Å². The van der Waals surface area contributed by atoms with Crippen LogP contribution in [0.5, 0.6) is 0 Å². The van der Waals surface area contributed by atoms with Crippen LogP contribution < -0.4 is 4.90 Å². The molecule has 2 heterocycles. The maximum atomic E-state index is 11.4. The second-order valence-electron chi connectivity index (χ2n) is 4.76. The van der Waals surface area contributed by atoms with E-state index in [2.05, 4.69) is 4.98 Å². The normalized spacial score (nSPS) is 21.4. The van der Waals surface area contributed by atoms with Gasteiger partial charge in [0, 0.05) is 25.5 Å². The topological polar surface area (TPSA) is 58.4 Å². The van der Waals surface area contributed by atoms with Gasteiger partial charge in [-0.25, -0.2) is 9.78 Å². The maximum absolute atomic E-state index is 11.4. The molecule has 0 bridgehead atoms. The molecule has 1 N–H and O–H groups in total. The fourth-order valence-electron chi connectivity index (χ4n) is 2.59. The molecule has 0 radical (unpaired) electrons. The lowest BCUT2D eigenvalue weighted by molar-refractivity contribution is -0.138. The van der Waals surface area contributed by atoms with Crippen LogP contribution in [0.25, 0.3) is 0 Å². The van der Waals surface area contributed by atoms with Crippen molar-refractivity contribution in [1.82, 2.24) is 9.55 Å². The van der Waals surface area contributed by atoms with E-state index in [1.54, 1.807) is 6.20 Å². The van der Waals surface area contributed by atoms with Crippen LogP contribution in [0.2, 0.25) is 0 Å². The Labute approximate surface area is 107 Å². The van der Waals surface area contributed by atoms with Crippen molar-refractivity contribution in [1.29, 1.82) is 0 Å². The third-order valence-corrected chi connectivity index (χ3v) is 3.58. The number of hydrogen-bond acceptors (Lipinski definition) is 3. The number of hydrogen-bond donors (Lipinski definition) is 1. The van der Waals surface area contributed by atoms with Crippen molar-refractivity contribution in [2.75, 3.05) is 11.4 Å². The summed E-state index contributed by atoms with van der Waals surface area (Å²) in [5.74, 6) is 0.0642. The van der Waals surface area contributed by atoms with Gasteiger partial charge in [0.2, 0.25) is 5.95 Å². The summed E-state index contributed by atoms with van der Waals surface area (Å²) in [4.78, 5) is 17.8. The highest BCUT2D eigenvalue weighted by atomic mass is 16.4. The summed E-state index contributed by atoms with van der Waals surface area (Å²) in [7, 11) is 0. The molecular formula is C13H21N3O2. The minimum Gasteiger partial charge on any atom is -0.480 e. The van der Waals surface area contributed by atoms with Crippen LogP contribution >= 0.6 is 0 Å². The van der Waals surface area contributed by atoms with Gasteiger partial charge in [-0.1, -0.05) is 19.3 Å². The van der Waals surface area contributed by atoms with E-state index in [1.807, 2.05) is 22.6 Å². The zero-order chi connectivity index (χ0) is 13.0. The molecule has 1 atom stereocenters. The van der Waals surface area contributed by atoms with Crippen LogP contribution in [0.3, 0.4) is 0 Å². The Morgan fingerprint density at radius 2 is 2.22 bits per heavy atom. The van der Waals surface area contributed by atoms with Gasteiger partial charge in [-0.2, -0.15) is 0 Å². The quantitative estimate of drug-likeness (QED) is 0.894. The Kier molecular flexibility index (Phi) is 4.23. The molecule has 2 rings (SSSR count). The summed E-state index contributed by atoms with van der Waals surface area (Å²) in [5.41, 5.74) is 0. The van der Waals surface area contributed by atoms with Gasteiger partial charge in [0.1, 0.15) is 6.04 Å². The number of anilines is 1. The lowest BCUT2D eigenvalue weighted by atomic mass is 10.0. The largest absolute Gasteiger partial charge is 0.480 e. The van der Waals surface area contributed by atoms with E-state index in [0.717, 1.165) is 38.3 Å². The number of imidazole rings is 1. The molecule has 18 heavy (non-hydrogen) atoms. The molecule has 1 aliphatic rings. The smallest absolute Gasteiger partial charge is 0.326 e. The molecule has 1 aromatic heterocycles. The Balaban J connectivity index is 2.26. The number of aryl methyl sites for hydroxylation is 1. The number of aromatic nitrogens is 2. The van der Waals surface area contributed by atoms with Gasteiger partial charge in [0.05, 0.1) is 0 Å². The minimum atomic E-state index is -0.734. The number of carboxylic acids is 1. The van der Waals surface area contributed by atoms with E-state index in [0.29, 0.717) is 6.42 Å². The van der Waals surface area contributed by atoms with Crippen molar-refractivity contribution < 1.29 is 9.90 Å². The standard InChI is InChI=1S/C13H21N3O2/c1-2-15-10-8-14-13(15)16-9-6-4-3-5-7-11(16)12(17)18/h8,10-11H,2-7,9H2,1H3,(H,17,18). The summed E-state index contributed by atoms with van der Waals surface area (Å²) < 4.78 is 2.01. The average molecular weight is 251 g/mol. The highest BCUT2D eigenvalue weighted by molar-refractivity contribution is 5.77. The highest BCUT2D eigenvalue weighted by Crippen LogP contribution is 2.22. The average Bonchev–Trinajstić information content (AvgIpc) is 2.76. The first-order valence-corrected chi connectivity index (χ1v) is 6.74. The van der Waals surface area contributed by atoms with Crippen molar-refractivity contribution in [3.05, 3.63) is 12.4 Å². The van der Waals surface area contributed by atoms with Gasteiger partial charge in [-0.15, -0.1) is 0 Å². The molecule has 0 saturated carbocycles. The number of nitrogens with zero attached hydrogens (tertiary/aromatic N) is 3. The van der Waals surface area contributed by atoms with Crippen molar-refractivity contribution in [2.45, 2.75) is 51.6 Å². The first-order chi connectivity index (χ1) is 8.74. The zero-order valence-electron chi connectivity index (χ0n) is 10.9. The van der Waals surface area contributed by atoms with Crippen LogP contribution in [0.15, 0.2) is 12.4 Å². The minimum absolute atomic E-state index is 0.432. The molecule has 100 valence electrons. The first-order valence-electron chi connectivity index (χ1n) is 6.74. The van der Waals surface area contributed by atoms with Gasteiger partial charge >= 0.3 is 5.97 Å². The second kappa shape index (κ2) is 5.89. The number of carboxylic acid groups (broad SMARTS) is 1. The second-order valence-corrected chi connectivity index (χ2v) is 4.76. The lowest BCUT2D eigenvalue weighted by Crippen LogP contribution is -2.44. The molecule has 5 nitrogen and oxygen atoms in total. The number of aliphatic carboxylic acids is 1. The van der Waals surface area contributed by atoms with Crippen molar-refractivity contribution in [3.63, 3.8) is 0 Å². The third kappa shape index (κ3) is 2.66. The van der Waals surface area contributed by atoms with E-state index < -0.39 is 12.0 Å². The van der Waals surface area contributed by atoms with Crippen LogP contribution in [0, 0.1) is 0 Å². The Hall–Kier alpha value is -1.52. The third-order valence-electron chi connectivity index (χ3n) is 3.58. The Morgan fingerprint density at radius 1 is 1.44 bits per heavy atom. The summed E-state index contributed by atoms with van der Waals surface area (Å²) >= 11 is 0. The molecule has 1 aromatic rings. The summed E-state index contributed by atoms with van der Waals surface area (Å²) in [6, 6.07) is -0.432. The molecule has 0 spiro atoms. The molecule has 1 fully saturated rings. The summed E-state index contributed by atoms with van der Waals surface area (Å²) in [6.45, 7) is 3.65.